The Kier molecular flexibility index (Phi) is 3.75. The van der Waals surface area contributed by atoms with E-state index in [0.29, 0.717) is 0 Å². The number of nitrogens with zero attached hydrogens (tertiary/aromatic N) is 2. The molecule has 1 heterocycles. The minimum Gasteiger partial charge on any atom is -0.343 e. The molecule has 0 aliphatic carbocycles. The van der Waals surface area contributed by atoms with Crippen molar-refractivity contribution in [1.29, 1.82) is 0 Å². The molecule has 2 aromatic rings. The molecule has 1 atom stereocenters. The van der Waals surface area contributed by atoms with Gasteiger partial charge in [-0.2, -0.15) is 4.98 Å². The highest BCUT2D eigenvalue weighted by Gasteiger charge is 2.19. The second-order valence-corrected chi connectivity index (χ2v) is 4.14. The minimum atomic E-state index is -0.913. The van der Waals surface area contributed by atoms with E-state index in [4.69, 9.17) is 11.6 Å². The van der Waals surface area contributed by atoms with Crippen LogP contribution in [0.1, 0.15) is 29.1 Å². The van der Waals surface area contributed by atoms with Gasteiger partial charge in [-0.25, -0.2) is 8.78 Å². The monoisotopic (exact) mass is 287 g/mol. The molecule has 1 N–H and O–H groups in total. The molecular weight excluding hydrogens is 280 g/mol. The number of carbonyl (C=O) groups excluding carboxylic acids is 1. The van der Waals surface area contributed by atoms with Crippen LogP contribution < -0.4 is 5.32 Å². The molecule has 1 aromatic carbocycles. The molecule has 0 aliphatic heterocycles. The van der Waals surface area contributed by atoms with Crippen molar-refractivity contribution in [3.05, 3.63) is 46.6 Å². The molecule has 0 fully saturated rings. The molecule has 100 valence electrons. The van der Waals surface area contributed by atoms with Crippen molar-refractivity contribution < 1.29 is 18.1 Å². The van der Waals surface area contributed by atoms with Crippen molar-refractivity contribution in [2.75, 3.05) is 0 Å². The third-order valence-corrected chi connectivity index (χ3v) is 2.66. The van der Waals surface area contributed by atoms with Crippen LogP contribution in [0.2, 0.25) is 5.02 Å². The predicted molar refractivity (Wildman–Crippen MR) is 61.5 cm³/mol. The van der Waals surface area contributed by atoms with Gasteiger partial charge in [-0.05, 0) is 19.1 Å². The van der Waals surface area contributed by atoms with Gasteiger partial charge in [0.1, 0.15) is 11.6 Å². The lowest BCUT2D eigenvalue weighted by Crippen LogP contribution is -2.28. The molecule has 0 bridgehead atoms. The number of benzene rings is 1. The van der Waals surface area contributed by atoms with E-state index in [2.05, 4.69) is 20.0 Å². The Morgan fingerprint density at radius 3 is 2.79 bits per heavy atom. The van der Waals surface area contributed by atoms with E-state index >= 15 is 0 Å². The molecule has 8 heteroatoms. The summed E-state index contributed by atoms with van der Waals surface area (Å²) in [6.45, 7) is 1.58. The Labute approximate surface area is 111 Å². The molecule has 1 aromatic heterocycles. The maximum Gasteiger partial charge on any atom is 0.254 e. The Morgan fingerprint density at radius 2 is 2.16 bits per heavy atom. The molecular formula is C11H8ClF2N3O2. The van der Waals surface area contributed by atoms with Gasteiger partial charge in [0.25, 0.3) is 5.91 Å². The summed E-state index contributed by atoms with van der Waals surface area (Å²) >= 11 is 5.40. The summed E-state index contributed by atoms with van der Waals surface area (Å²) in [6.07, 6.45) is 1.10. The second kappa shape index (κ2) is 5.31. The predicted octanol–water partition coefficient (Wildman–Crippen LogP) is 2.49. The average molecular weight is 288 g/mol. The fourth-order valence-corrected chi connectivity index (χ4v) is 1.56. The molecule has 0 aliphatic rings. The van der Waals surface area contributed by atoms with E-state index in [1.165, 1.54) is 0 Å². The zero-order chi connectivity index (χ0) is 14.0. The normalized spacial score (nSPS) is 12.2. The van der Waals surface area contributed by atoms with Gasteiger partial charge in [0, 0.05) is 0 Å². The summed E-state index contributed by atoms with van der Waals surface area (Å²) in [5, 5.41) is 5.55. The molecule has 2 rings (SSSR count). The van der Waals surface area contributed by atoms with Crippen LogP contribution in [0.5, 0.6) is 0 Å². The lowest BCUT2D eigenvalue weighted by Gasteiger charge is -2.10. The average Bonchev–Trinajstić information content (AvgIpc) is 2.87. The Bertz CT molecular complexity index is 604. The highest BCUT2D eigenvalue weighted by atomic mass is 35.5. The van der Waals surface area contributed by atoms with E-state index in [0.717, 1.165) is 18.5 Å². The molecule has 0 saturated carbocycles. The number of hydrogen-bond donors (Lipinski definition) is 1. The zero-order valence-corrected chi connectivity index (χ0v) is 10.4. The largest absolute Gasteiger partial charge is 0.343 e. The highest BCUT2D eigenvalue weighted by Crippen LogP contribution is 2.20. The van der Waals surface area contributed by atoms with Crippen molar-refractivity contribution in [2.45, 2.75) is 13.0 Å². The van der Waals surface area contributed by atoms with Gasteiger partial charge in [0.2, 0.25) is 6.39 Å². The molecule has 19 heavy (non-hydrogen) atoms. The second-order valence-electron chi connectivity index (χ2n) is 3.73. The molecule has 0 radical (unpaired) electrons. The summed E-state index contributed by atoms with van der Waals surface area (Å²) in [5.74, 6) is -2.36. The van der Waals surface area contributed by atoms with E-state index in [1.807, 2.05) is 0 Å². The van der Waals surface area contributed by atoms with Crippen molar-refractivity contribution >= 4 is 17.5 Å². The summed E-state index contributed by atoms with van der Waals surface area (Å²) in [6, 6.07) is 0.866. The number of amides is 1. The van der Waals surface area contributed by atoms with Gasteiger partial charge in [0.05, 0.1) is 16.6 Å². The van der Waals surface area contributed by atoms with Crippen LogP contribution in [-0.4, -0.2) is 16.0 Å². The summed E-state index contributed by atoms with van der Waals surface area (Å²) < 4.78 is 31.2. The van der Waals surface area contributed by atoms with Crippen LogP contribution in [0, 0.1) is 11.6 Å². The Hall–Kier alpha value is -2.02. The first kappa shape index (κ1) is 13.4. The summed E-state index contributed by atoms with van der Waals surface area (Å²) in [7, 11) is 0. The maximum absolute atomic E-state index is 13.5. The molecule has 5 nitrogen and oxygen atoms in total. The van der Waals surface area contributed by atoms with E-state index in [9.17, 15) is 13.6 Å². The molecule has 1 amide bonds. The fourth-order valence-electron chi connectivity index (χ4n) is 1.41. The van der Waals surface area contributed by atoms with Crippen molar-refractivity contribution in [3.63, 3.8) is 0 Å². The van der Waals surface area contributed by atoms with Crippen molar-refractivity contribution in [1.82, 2.24) is 15.5 Å². The molecule has 0 spiro atoms. The van der Waals surface area contributed by atoms with E-state index < -0.39 is 29.1 Å². The SMILES string of the molecule is CC(NC(=O)c1cc(F)c(Cl)cc1F)c1ncon1. The quantitative estimate of drug-likeness (QED) is 0.881. The van der Waals surface area contributed by atoms with Crippen LogP contribution in [0.3, 0.4) is 0 Å². The number of carbonyl (C=O) groups is 1. The smallest absolute Gasteiger partial charge is 0.254 e. The maximum atomic E-state index is 13.5. The van der Waals surface area contributed by atoms with Crippen LogP contribution in [0.25, 0.3) is 0 Å². The number of rotatable bonds is 3. The van der Waals surface area contributed by atoms with Crippen LogP contribution in [-0.2, 0) is 0 Å². The number of hydrogen-bond acceptors (Lipinski definition) is 4. The van der Waals surface area contributed by atoms with Crippen molar-refractivity contribution in [3.8, 4) is 0 Å². The summed E-state index contributed by atoms with van der Waals surface area (Å²) in [5.41, 5.74) is -0.447. The Balaban J connectivity index is 2.19. The van der Waals surface area contributed by atoms with Gasteiger partial charge in [-0.1, -0.05) is 16.8 Å². The topological polar surface area (TPSA) is 68.0 Å². The molecule has 0 saturated heterocycles. The van der Waals surface area contributed by atoms with Crippen LogP contribution in [0.15, 0.2) is 23.0 Å². The van der Waals surface area contributed by atoms with Gasteiger partial charge < -0.3 is 9.84 Å². The van der Waals surface area contributed by atoms with E-state index in [1.54, 1.807) is 6.92 Å². The highest BCUT2D eigenvalue weighted by molar-refractivity contribution is 6.30. The first-order valence-corrected chi connectivity index (χ1v) is 5.58. The lowest BCUT2D eigenvalue weighted by atomic mass is 10.1. The van der Waals surface area contributed by atoms with Crippen molar-refractivity contribution in [2.24, 2.45) is 0 Å². The third kappa shape index (κ3) is 2.87. The van der Waals surface area contributed by atoms with Gasteiger partial charge in [-0.3, -0.25) is 4.79 Å². The first-order valence-electron chi connectivity index (χ1n) is 5.20. The number of nitrogens with one attached hydrogen (secondary N) is 1. The van der Waals surface area contributed by atoms with Crippen LogP contribution >= 0.6 is 11.6 Å². The lowest BCUT2D eigenvalue weighted by molar-refractivity contribution is 0.0933. The fraction of sp³-hybridized carbons (Fsp3) is 0.182. The van der Waals surface area contributed by atoms with Gasteiger partial charge in [-0.15, -0.1) is 0 Å². The summed E-state index contributed by atoms with van der Waals surface area (Å²) in [4.78, 5) is 15.5. The first-order chi connectivity index (χ1) is 8.99. The zero-order valence-electron chi connectivity index (χ0n) is 9.65. The van der Waals surface area contributed by atoms with Gasteiger partial charge in [0.15, 0.2) is 5.82 Å². The number of aromatic nitrogens is 2. The third-order valence-electron chi connectivity index (χ3n) is 2.37. The molecule has 1 unspecified atom stereocenters. The number of halogens is 3. The van der Waals surface area contributed by atoms with E-state index in [-0.39, 0.29) is 10.8 Å². The Morgan fingerprint density at radius 1 is 1.42 bits per heavy atom. The van der Waals surface area contributed by atoms with Gasteiger partial charge >= 0.3 is 0 Å². The minimum absolute atomic E-state index is 0.225. The van der Waals surface area contributed by atoms with Crippen LogP contribution in [0.4, 0.5) is 8.78 Å². The standard InChI is InChI=1S/C11H8ClF2N3O2/c1-5(10-15-4-19-17-10)16-11(18)6-2-9(14)7(12)3-8(6)13/h2-5H,1H3,(H,16,18).